The van der Waals surface area contributed by atoms with Gasteiger partial charge in [-0.3, -0.25) is 4.79 Å². The molecular weight excluding hydrogens is 270 g/mol. The molecule has 1 aromatic rings. The van der Waals surface area contributed by atoms with Gasteiger partial charge in [-0.2, -0.15) is 0 Å². The van der Waals surface area contributed by atoms with E-state index in [1.54, 1.807) is 13.2 Å². The van der Waals surface area contributed by atoms with Crippen LogP contribution in [0, 0.1) is 5.92 Å². The number of carbonyl (C=O) groups is 1. The van der Waals surface area contributed by atoms with Crippen LogP contribution in [0.3, 0.4) is 0 Å². The summed E-state index contributed by atoms with van der Waals surface area (Å²) < 4.78 is 11.1. The predicted molar refractivity (Wildman–Crippen MR) is 80.0 cm³/mol. The monoisotopic (exact) mass is 293 g/mol. The molecule has 21 heavy (non-hydrogen) atoms. The third-order valence-electron chi connectivity index (χ3n) is 3.54. The summed E-state index contributed by atoms with van der Waals surface area (Å²) in [4.78, 5) is 11.6. The summed E-state index contributed by atoms with van der Waals surface area (Å²) in [5, 5.41) is 12.6. The summed E-state index contributed by atoms with van der Waals surface area (Å²) in [6, 6.07) is 2.89. The Balaban J connectivity index is 2.35. The lowest BCUT2D eigenvalue weighted by atomic mass is 10.0. The van der Waals surface area contributed by atoms with Crippen LogP contribution in [0.15, 0.2) is 12.1 Å². The maximum Gasteiger partial charge on any atom is 0.325 e. The van der Waals surface area contributed by atoms with E-state index in [2.05, 4.69) is 5.32 Å². The van der Waals surface area contributed by atoms with Crippen LogP contribution in [0.25, 0.3) is 0 Å². The van der Waals surface area contributed by atoms with Crippen LogP contribution in [0.4, 0.5) is 0 Å². The van der Waals surface area contributed by atoms with E-state index in [1.807, 2.05) is 26.8 Å². The Hall–Kier alpha value is -1.75. The minimum absolute atomic E-state index is 0.117. The van der Waals surface area contributed by atoms with Crippen LogP contribution < -0.4 is 14.8 Å². The Morgan fingerprint density at radius 3 is 2.81 bits per heavy atom. The summed E-state index contributed by atoms with van der Waals surface area (Å²) in [5.41, 5.74) is 1.68. The van der Waals surface area contributed by atoms with Gasteiger partial charge in [0.15, 0.2) is 0 Å². The molecule has 0 saturated heterocycles. The molecule has 2 unspecified atom stereocenters. The Morgan fingerprint density at radius 1 is 1.52 bits per heavy atom. The first kappa shape index (κ1) is 15.6. The molecule has 2 N–H and O–H groups in total. The first-order valence-electron chi connectivity index (χ1n) is 7.26. The Bertz CT molecular complexity index is 527. The van der Waals surface area contributed by atoms with Crippen molar-refractivity contribution in [2.24, 2.45) is 5.92 Å². The second kappa shape index (κ2) is 6.35. The summed E-state index contributed by atoms with van der Waals surface area (Å²) in [6.45, 7) is 6.69. The van der Waals surface area contributed by atoms with Crippen LogP contribution >= 0.6 is 0 Å². The highest BCUT2D eigenvalue weighted by molar-refractivity contribution is 5.77. The summed E-state index contributed by atoms with van der Waals surface area (Å²) >= 11 is 0. The molecule has 5 heteroatoms. The number of carboxylic acid groups (broad SMARTS) is 1. The number of carboxylic acids is 1. The molecule has 0 spiro atoms. The zero-order valence-corrected chi connectivity index (χ0v) is 13.0. The van der Waals surface area contributed by atoms with Crippen molar-refractivity contribution in [3.05, 3.63) is 23.3 Å². The van der Waals surface area contributed by atoms with Gasteiger partial charge in [0.05, 0.1) is 7.11 Å². The molecule has 2 atom stereocenters. The van der Waals surface area contributed by atoms with E-state index in [0.29, 0.717) is 23.8 Å². The number of rotatable bonds is 6. The number of aliphatic carboxylic acids is 1. The van der Waals surface area contributed by atoms with Gasteiger partial charge in [0.25, 0.3) is 0 Å². The van der Waals surface area contributed by atoms with Gasteiger partial charge in [-0.15, -0.1) is 0 Å². The zero-order valence-electron chi connectivity index (χ0n) is 13.0. The van der Waals surface area contributed by atoms with Crippen molar-refractivity contribution < 1.29 is 19.4 Å². The third-order valence-corrected chi connectivity index (χ3v) is 3.54. The SMILES string of the molecule is COc1cc2c(cc1C(NCC(C)C)C(=O)O)OC(C)C2. The fourth-order valence-corrected chi connectivity index (χ4v) is 2.54. The van der Waals surface area contributed by atoms with Crippen molar-refractivity contribution in [1.29, 1.82) is 0 Å². The Labute approximate surface area is 125 Å². The fourth-order valence-electron chi connectivity index (χ4n) is 2.54. The van der Waals surface area contributed by atoms with Crippen molar-refractivity contribution in [1.82, 2.24) is 5.32 Å². The highest BCUT2D eigenvalue weighted by Crippen LogP contribution is 2.37. The lowest BCUT2D eigenvalue weighted by Gasteiger charge is -2.19. The fraction of sp³-hybridized carbons (Fsp3) is 0.562. The van der Waals surface area contributed by atoms with Gasteiger partial charge in [0, 0.05) is 17.5 Å². The number of ether oxygens (including phenoxy) is 2. The molecule has 0 aromatic heterocycles. The minimum Gasteiger partial charge on any atom is -0.496 e. The third kappa shape index (κ3) is 3.47. The van der Waals surface area contributed by atoms with E-state index in [-0.39, 0.29) is 6.10 Å². The maximum absolute atomic E-state index is 11.6. The molecule has 1 heterocycles. The highest BCUT2D eigenvalue weighted by atomic mass is 16.5. The average molecular weight is 293 g/mol. The highest BCUT2D eigenvalue weighted by Gasteiger charge is 2.28. The van der Waals surface area contributed by atoms with Crippen molar-refractivity contribution in [3.63, 3.8) is 0 Å². The Morgan fingerprint density at radius 2 is 2.24 bits per heavy atom. The molecule has 1 aliphatic heterocycles. The normalized spacial score (nSPS) is 18.2. The molecule has 1 aliphatic rings. The van der Waals surface area contributed by atoms with E-state index in [1.165, 1.54) is 0 Å². The molecule has 1 aromatic carbocycles. The summed E-state index contributed by atoms with van der Waals surface area (Å²) in [6.07, 6.45) is 0.940. The molecule has 0 fully saturated rings. The van der Waals surface area contributed by atoms with Crippen LogP contribution in [-0.2, 0) is 11.2 Å². The van der Waals surface area contributed by atoms with Gasteiger partial charge < -0.3 is 19.9 Å². The second-order valence-corrected chi connectivity index (χ2v) is 5.91. The van der Waals surface area contributed by atoms with Crippen molar-refractivity contribution >= 4 is 5.97 Å². The Kier molecular flexibility index (Phi) is 4.73. The van der Waals surface area contributed by atoms with Gasteiger partial charge in [0.2, 0.25) is 0 Å². The van der Waals surface area contributed by atoms with Crippen LogP contribution in [0.5, 0.6) is 11.5 Å². The van der Waals surface area contributed by atoms with E-state index >= 15 is 0 Å². The number of benzene rings is 1. The minimum atomic E-state index is -0.917. The molecule has 0 saturated carbocycles. The molecule has 5 nitrogen and oxygen atoms in total. The van der Waals surface area contributed by atoms with Gasteiger partial charge in [-0.05, 0) is 31.5 Å². The van der Waals surface area contributed by atoms with Crippen molar-refractivity contribution in [2.45, 2.75) is 39.3 Å². The van der Waals surface area contributed by atoms with Gasteiger partial charge in [-0.25, -0.2) is 0 Å². The van der Waals surface area contributed by atoms with Gasteiger partial charge in [0.1, 0.15) is 23.6 Å². The topological polar surface area (TPSA) is 67.8 Å². The number of fused-ring (bicyclic) bond motifs is 1. The molecule has 116 valence electrons. The van der Waals surface area contributed by atoms with Crippen LogP contribution in [0.1, 0.15) is 37.9 Å². The standard InChI is InChI=1S/C16H23NO4/c1-9(2)8-17-15(16(18)19)12-7-13-11(5-10(3)21-13)6-14(12)20-4/h6-7,9-10,15,17H,5,8H2,1-4H3,(H,18,19). The molecular formula is C16H23NO4. The van der Waals surface area contributed by atoms with E-state index in [4.69, 9.17) is 9.47 Å². The van der Waals surface area contributed by atoms with E-state index in [9.17, 15) is 9.90 Å². The predicted octanol–water partition coefficient (Wildman–Crippen LogP) is 2.39. The van der Waals surface area contributed by atoms with E-state index in [0.717, 1.165) is 17.7 Å². The molecule has 2 rings (SSSR count). The quantitative estimate of drug-likeness (QED) is 0.843. The van der Waals surface area contributed by atoms with E-state index < -0.39 is 12.0 Å². The van der Waals surface area contributed by atoms with Gasteiger partial charge >= 0.3 is 5.97 Å². The molecule has 0 bridgehead atoms. The molecule has 0 amide bonds. The summed E-state index contributed by atoms with van der Waals surface area (Å²) in [5.74, 6) is 0.800. The van der Waals surface area contributed by atoms with Crippen LogP contribution in [0.2, 0.25) is 0 Å². The largest absolute Gasteiger partial charge is 0.496 e. The smallest absolute Gasteiger partial charge is 0.325 e. The molecule has 0 aliphatic carbocycles. The first-order chi connectivity index (χ1) is 9.92. The second-order valence-electron chi connectivity index (χ2n) is 5.91. The number of nitrogens with one attached hydrogen (secondary N) is 1. The van der Waals surface area contributed by atoms with Crippen molar-refractivity contribution in [2.75, 3.05) is 13.7 Å². The lowest BCUT2D eigenvalue weighted by Crippen LogP contribution is -2.31. The zero-order chi connectivity index (χ0) is 15.6. The number of hydrogen-bond donors (Lipinski definition) is 2. The van der Waals surface area contributed by atoms with Gasteiger partial charge in [-0.1, -0.05) is 13.8 Å². The van der Waals surface area contributed by atoms with Crippen LogP contribution in [-0.4, -0.2) is 30.8 Å². The first-order valence-corrected chi connectivity index (χ1v) is 7.26. The summed E-state index contributed by atoms with van der Waals surface area (Å²) in [7, 11) is 1.56. The number of methoxy groups -OCH3 is 1. The molecule has 0 radical (unpaired) electrons. The average Bonchev–Trinajstić information content (AvgIpc) is 2.76. The lowest BCUT2D eigenvalue weighted by molar-refractivity contribution is -0.139. The van der Waals surface area contributed by atoms with Crippen molar-refractivity contribution in [3.8, 4) is 11.5 Å². The number of hydrogen-bond acceptors (Lipinski definition) is 4. The maximum atomic E-state index is 11.6.